The number of rotatable bonds is 5. The predicted octanol–water partition coefficient (Wildman–Crippen LogP) is 3.39. The number of ketones is 1. The van der Waals surface area contributed by atoms with Crippen LogP contribution in [0.3, 0.4) is 0 Å². The highest BCUT2D eigenvalue weighted by atomic mass is 16.1. The van der Waals surface area contributed by atoms with Crippen molar-refractivity contribution in [3.8, 4) is 0 Å². The summed E-state index contributed by atoms with van der Waals surface area (Å²) >= 11 is 0. The second-order valence-corrected chi connectivity index (χ2v) is 6.14. The minimum absolute atomic E-state index is 0.250. The molecule has 0 saturated carbocycles. The summed E-state index contributed by atoms with van der Waals surface area (Å²) in [5.74, 6) is 0.635. The number of hydrogen-bond donors (Lipinski definition) is 0. The number of allylic oxidation sites excluding steroid dienone is 1. The molecule has 0 spiro atoms. The SMILES string of the molecule is C=C(CC(=O)C1CCN(C)CC1)Cc1cccc(C)c1. The summed E-state index contributed by atoms with van der Waals surface area (Å²) < 4.78 is 0. The molecule has 2 rings (SSSR count). The molecule has 1 aromatic rings. The first-order valence-electron chi connectivity index (χ1n) is 7.48. The Kier molecular flexibility index (Phi) is 5.13. The van der Waals surface area contributed by atoms with Crippen LogP contribution in [0.25, 0.3) is 0 Å². The van der Waals surface area contributed by atoms with Gasteiger partial charge in [-0.15, -0.1) is 0 Å². The Morgan fingerprint density at radius 3 is 2.70 bits per heavy atom. The molecular weight excluding hydrogens is 246 g/mol. The lowest BCUT2D eigenvalue weighted by Gasteiger charge is -2.28. The molecule has 0 aromatic heterocycles. The van der Waals surface area contributed by atoms with Crippen molar-refractivity contribution < 1.29 is 4.79 Å². The molecular formula is C18H25NO. The van der Waals surface area contributed by atoms with E-state index in [-0.39, 0.29) is 5.92 Å². The van der Waals surface area contributed by atoms with E-state index in [0.29, 0.717) is 12.2 Å². The smallest absolute Gasteiger partial charge is 0.140 e. The molecule has 1 saturated heterocycles. The second kappa shape index (κ2) is 6.85. The lowest BCUT2D eigenvalue weighted by Crippen LogP contribution is -2.33. The quantitative estimate of drug-likeness (QED) is 0.765. The lowest BCUT2D eigenvalue weighted by molar-refractivity contribution is -0.123. The Balaban J connectivity index is 1.83. The number of benzene rings is 1. The van der Waals surface area contributed by atoms with Crippen LogP contribution in [-0.2, 0) is 11.2 Å². The van der Waals surface area contributed by atoms with Crippen LogP contribution in [-0.4, -0.2) is 30.8 Å². The number of carbonyl (C=O) groups excluding carboxylic acids is 1. The number of aryl methyl sites for hydroxylation is 1. The van der Waals surface area contributed by atoms with Gasteiger partial charge >= 0.3 is 0 Å². The maximum Gasteiger partial charge on any atom is 0.140 e. The van der Waals surface area contributed by atoms with Crippen molar-refractivity contribution in [3.63, 3.8) is 0 Å². The molecule has 0 radical (unpaired) electrons. The van der Waals surface area contributed by atoms with Crippen LogP contribution in [0.4, 0.5) is 0 Å². The van der Waals surface area contributed by atoms with E-state index < -0.39 is 0 Å². The molecule has 1 aliphatic heterocycles. The third-order valence-electron chi connectivity index (χ3n) is 4.13. The number of Topliss-reactive ketones (excluding diaryl/α,β-unsaturated/α-hetero) is 1. The molecule has 1 heterocycles. The highest BCUT2D eigenvalue weighted by molar-refractivity contribution is 5.83. The minimum atomic E-state index is 0.250. The van der Waals surface area contributed by atoms with Crippen molar-refractivity contribution >= 4 is 5.78 Å². The van der Waals surface area contributed by atoms with E-state index >= 15 is 0 Å². The molecule has 0 aliphatic carbocycles. The maximum absolute atomic E-state index is 12.3. The van der Waals surface area contributed by atoms with Gasteiger partial charge in [-0.3, -0.25) is 4.79 Å². The molecule has 0 amide bonds. The van der Waals surface area contributed by atoms with Crippen molar-refractivity contribution in [1.82, 2.24) is 4.90 Å². The van der Waals surface area contributed by atoms with Gasteiger partial charge in [0.25, 0.3) is 0 Å². The standard InChI is InChI=1S/C18H25NO/c1-14-5-4-6-16(11-14)12-15(2)13-18(20)17-7-9-19(3)10-8-17/h4-6,11,17H,2,7-10,12-13H2,1,3H3. The van der Waals surface area contributed by atoms with E-state index in [1.807, 2.05) is 0 Å². The lowest BCUT2D eigenvalue weighted by atomic mass is 9.88. The molecule has 1 aromatic carbocycles. The molecule has 0 bridgehead atoms. The molecule has 2 nitrogen and oxygen atoms in total. The van der Waals surface area contributed by atoms with E-state index in [2.05, 4.69) is 49.7 Å². The van der Waals surface area contributed by atoms with Gasteiger partial charge in [-0.05, 0) is 51.9 Å². The second-order valence-electron chi connectivity index (χ2n) is 6.14. The van der Waals surface area contributed by atoms with Crippen molar-refractivity contribution in [2.45, 2.75) is 32.6 Å². The minimum Gasteiger partial charge on any atom is -0.306 e. The number of nitrogens with zero attached hydrogens (tertiary/aromatic N) is 1. The van der Waals surface area contributed by atoms with Crippen molar-refractivity contribution in [1.29, 1.82) is 0 Å². The Bertz CT molecular complexity index is 484. The molecule has 1 fully saturated rings. The maximum atomic E-state index is 12.3. The van der Waals surface area contributed by atoms with E-state index in [0.717, 1.165) is 37.9 Å². The fraction of sp³-hybridized carbons (Fsp3) is 0.500. The monoisotopic (exact) mass is 271 g/mol. The zero-order valence-corrected chi connectivity index (χ0v) is 12.7. The summed E-state index contributed by atoms with van der Waals surface area (Å²) in [6.07, 6.45) is 3.38. The molecule has 0 unspecified atom stereocenters. The van der Waals surface area contributed by atoms with Crippen LogP contribution in [0, 0.1) is 12.8 Å². The van der Waals surface area contributed by atoms with Gasteiger partial charge in [0.1, 0.15) is 5.78 Å². The zero-order chi connectivity index (χ0) is 14.5. The first-order valence-corrected chi connectivity index (χ1v) is 7.48. The average molecular weight is 271 g/mol. The Hall–Kier alpha value is -1.41. The fourth-order valence-electron chi connectivity index (χ4n) is 2.89. The Labute approximate surface area is 122 Å². The van der Waals surface area contributed by atoms with Crippen molar-refractivity contribution in [2.24, 2.45) is 5.92 Å². The van der Waals surface area contributed by atoms with Crippen LogP contribution in [0.5, 0.6) is 0 Å². The molecule has 0 atom stereocenters. The van der Waals surface area contributed by atoms with E-state index in [9.17, 15) is 4.79 Å². The largest absolute Gasteiger partial charge is 0.306 e. The Morgan fingerprint density at radius 1 is 1.35 bits per heavy atom. The molecule has 0 N–H and O–H groups in total. The van der Waals surface area contributed by atoms with Gasteiger partial charge in [0, 0.05) is 12.3 Å². The van der Waals surface area contributed by atoms with E-state index in [1.54, 1.807) is 0 Å². The zero-order valence-electron chi connectivity index (χ0n) is 12.7. The number of likely N-dealkylation sites (tertiary alicyclic amines) is 1. The van der Waals surface area contributed by atoms with Crippen molar-refractivity contribution in [3.05, 3.63) is 47.5 Å². The summed E-state index contributed by atoms with van der Waals surface area (Å²) in [4.78, 5) is 14.6. The average Bonchev–Trinajstić information content (AvgIpc) is 2.39. The van der Waals surface area contributed by atoms with Gasteiger partial charge in [0.2, 0.25) is 0 Å². The van der Waals surface area contributed by atoms with Crippen LogP contribution in [0.1, 0.15) is 30.4 Å². The van der Waals surface area contributed by atoms with Gasteiger partial charge in [-0.1, -0.05) is 42.0 Å². The summed E-state index contributed by atoms with van der Waals surface area (Å²) in [6, 6.07) is 8.44. The third-order valence-corrected chi connectivity index (χ3v) is 4.13. The predicted molar refractivity (Wildman–Crippen MR) is 83.9 cm³/mol. The van der Waals surface area contributed by atoms with Crippen LogP contribution in [0.15, 0.2) is 36.4 Å². The summed E-state index contributed by atoms with van der Waals surface area (Å²) in [6.45, 7) is 8.28. The van der Waals surface area contributed by atoms with Crippen LogP contribution in [0.2, 0.25) is 0 Å². The van der Waals surface area contributed by atoms with Gasteiger partial charge < -0.3 is 4.90 Å². The number of piperidine rings is 1. The van der Waals surface area contributed by atoms with Crippen LogP contribution < -0.4 is 0 Å². The summed E-state index contributed by atoms with van der Waals surface area (Å²) in [5, 5.41) is 0. The summed E-state index contributed by atoms with van der Waals surface area (Å²) in [7, 11) is 2.12. The molecule has 1 aliphatic rings. The van der Waals surface area contributed by atoms with Gasteiger partial charge in [0.15, 0.2) is 0 Å². The summed E-state index contributed by atoms with van der Waals surface area (Å²) in [5.41, 5.74) is 3.56. The van der Waals surface area contributed by atoms with Gasteiger partial charge in [-0.25, -0.2) is 0 Å². The normalized spacial score (nSPS) is 17.1. The third kappa shape index (κ3) is 4.31. The van der Waals surface area contributed by atoms with E-state index in [1.165, 1.54) is 11.1 Å². The Morgan fingerprint density at radius 2 is 2.05 bits per heavy atom. The fourth-order valence-corrected chi connectivity index (χ4v) is 2.89. The highest BCUT2D eigenvalue weighted by Gasteiger charge is 2.23. The molecule has 2 heteroatoms. The van der Waals surface area contributed by atoms with Gasteiger partial charge in [0.05, 0.1) is 0 Å². The topological polar surface area (TPSA) is 20.3 Å². The van der Waals surface area contributed by atoms with Crippen molar-refractivity contribution in [2.75, 3.05) is 20.1 Å². The van der Waals surface area contributed by atoms with Crippen LogP contribution >= 0.6 is 0 Å². The van der Waals surface area contributed by atoms with E-state index in [4.69, 9.17) is 0 Å². The number of hydrogen-bond acceptors (Lipinski definition) is 2. The first kappa shape index (κ1) is 15.0. The molecule has 108 valence electrons. The highest BCUT2D eigenvalue weighted by Crippen LogP contribution is 2.21. The first-order chi connectivity index (χ1) is 9.54. The molecule has 20 heavy (non-hydrogen) atoms. The number of carbonyl (C=O) groups is 1. The van der Waals surface area contributed by atoms with Gasteiger partial charge in [-0.2, -0.15) is 0 Å².